The van der Waals surface area contributed by atoms with E-state index in [9.17, 15) is 0 Å². The summed E-state index contributed by atoms with van der Waals surface area (Å²) < 4.78 is 0. The summed E-state index contributed by atoms with van der Waals surface area (Å²) in [6.07, 6.45) is 6.27. The zero-order valence-electron chi connectivity index (χ0n) is 6.17. The predicted molar refractivity (Wildman–Crippen MR) is 39.1 cm³/mol. The van der Waals surface area contributed by atoms with Gasteiger partial charge in [0.15, 0.2) is 0 Å². The Hall–Kier alpha value is -0.260. The van der Waals surface area contributed by atoms with Crippen molar-refractivity contribution in [2.24, 2.45) is 23.7 Å². The summed E-state index contributed by atoms with van der Waals surface area (Å²) in [4.78, 5) is 0. The monoisotopic (exact) mass is 122 g/mol. The standard InChI is InChI=1S/C9H14/c1-6-7(2)9-4-3-8(6)5-9/h3-4,6-9H,5H2,1-2H3. The van der Waals surface area contributed by atoms with Gasteiger partial charge in [0.25, 0.3) is 0 Å². The smallest absolute Gasteiger partial charge is 0.0199 e. The first kappa shape index (κ1) is 5.52. The minimum atomic E-state index is 0.935. The van der Waals surface area contributed by atoms with Crippen LogP contribution in [0, 0.1) is 23.7 Å². The van der Waals surface area contributed by atoms with Crippen molar-refractivity contribution in [1.82, 2.24) is 0 Å². The van der Waals surface area contributed by atoms with Crippen molar-refractivity contribution >= 4 is 0 Å². The van der Waals surface area contributed by atoms with Gasteiger partial charge in [-0.15, -0.1) is 0 Å². The second kappa shape index (κ2) is 1.62. The summed E-state index contributed by atoms with van der Waals surface area (Å²) in [5.41, 5.74) is 0. The van der Waals surface area contributed by atoms with Crippen LogP contribution in [0.3, 0.4) is 0 Å². The predicted octanol–water partition coefficient (Wildman–Crippen LogP) is 2.46. The Balaban J connectivity index is 2.26. The van der Waals surface area contributed by atoms with Crippen LogP contribution >= 0.6 is 0 Å². The molecule has 0 aromatic heterocycles. The molecule has 0 amide bonds. The third kappa shape index (κ3) is 0.593. The summed E-state index contributed by atoms with van der Waals surface area (Å²) in [7, 11) is 0. The molecular formula is C9H14. The number of fused-ring (bicyclic) bond motifs is 2. The van der Waals surface area contributed by atoms with Crippen molar-refractivity contribution in [3.63, 3.8) is 0 Å². The van der Waals surface area contributed by atoms with E-state index in [1.807, 2.05) is 0 Å². The SMILES string of the molecule is CC1C2C=CC(C2)C1C. The van der Waals surface area contributed by atoms with Crippen LogP contribution in [0.4, 0.5) is 0 Å². The molecule has 50 valence electrons. The van der Waals surface area contributed by atoms with Gasteiger partial charge < -0.3 is 0 Å². The van der Waals surface area contributed by atoms with E-state index >= 15 is 0 Å². The Morgan fingerprint density at radius 2 is 1.44 bits per heavy atom. The van der Waals surface area contributed by atoms with E-state index in [4.69, 9.17) is 0 Å². The molecule has 2 aliphatic carbocycles. The van der Waals surface area contributed by atoms with Crippen LogP contribution in [0.25, 0.3) is 0 Å². The van der Waals surface area contributed by atoms with Gasteiger partial charge in [0, 0.05) is 0 Å². The minimum Gasteiger partial charge on any atom is -0.0848 e. The second-order valence-electron chi connectivity index (χ2n) is 3.67. The summed E-state index contributed by atoms with van der Waals surface area (Å²) in [5, 5.41) is 0. The van der Waals surface area contributed by atoms with Crippen LogP contribution in [-0.4, -0.2) is 0 Å². The molecule has 0 heterocycles. The molecule has 0 heteroatoms. The molecule has 0 spiro atoms. The molecule has 0 aromatic rings. The maximum Gasteiger partial charge on any atom is -0.0199 e. The summed E-state index contributed by atoms with van der Waals surface area (Å²) >= 11 is 0. The first-order valence-electron chi connectivity index (χ1n) is 3.97. The molecule has 1 saturated carbocycles. The van der Waals surface area contributed by atoms with E-state index in [1.54, 1.807) is 0 Å². The third-order valence-electron chi connectivity index (χ3n) is 3.33. The van der Waals surface area contributed by atoms with Crippen molar-refractivity contribution in [2.75, 3.05) is 0 Å². The topological polar surface area (TPSA) is 0 Å². The Labute approximate surface area is 57.0 Å². The molecule has 2 aliphatic rings. The van der Waals surface area contributed by atoms with Crippen LogP contribution < -0.4 is 0 Å². The molecule has 0 aromatic carbocycles. The first-order chi connectivity index (χ1) is 4.29. The normalized spacial score (nSPS) is 54.9. The quantitative estimate of drug-likeness (QED) is 0.433. The lowest BCUT2D eigenvalue weighted by Crippen LogP contribution is -2.12. The van der Waals surface area contributed by atoms with Crippen molar-refractivity contribution in [3.05, 3.63) is 12.2 Å². The van der Waals surface area contributed by atoms with Crippen molar-refractivity contribution in [3.8, 4) is 0 Å². The van der Waals surface area contributed by atoms with E-state index in [0.29, 0.717) is 0 Å². The van der Waals surface area contributed by atoms with E-state index in [2.05, 4.69) is 26.0 Å². The number of rotatable bonds is 0. The maximum atomic E-state index is 2.41. The van der Waals surface area contributed by atoms with Gasteiger partial charge in [-0.1, -0.05) is 26.0 Å². The molecule has 4 unspecified atom stereocenters. The van der Waals surface area contributed by atoms with Crippen LogP contribution in [0.1, 0.15) is 20.3 Å². The maximum absolute atomic E-state index is 2.41. The molecule has 1 fully saturated rings. The largest absolute Gasteiger partial charge is 0.0848 e. The van der Waals surface area contributed by atoms with Crippen LogP contribution in [0.2, 0.25) is 0 Å². The van der Waals surface area contributed by atoms with Crippen LogP contribution in [0.15, 0.2) is 12.2 Å². The highest BCUT2D eigenvalue weighted by Crippen LogP contribution is 2.47. The van der Waals surface area contributed by atoms with Crippen molar-refractivity contribution in [1.29, 1.82) is 0 Å². The zero-order chi connectivity index (χ0) is 6.43. The van der Waals surface area contributed by atoms with Crippen molar-refractivity contribution < 1.29 is 0 Å². The molecule has 2 rings (SSSR count). The average molecular weight is 122 g/mol. The van der Waals surface area contributed by atoms with Gasteiger partial charge in [0.1, 0.15) is 0 Å². The molecule has 0 N–H and O–H groups in total. The Kier molecular flexibility index (Phi) is 0.992. The minimum absolute atomic E-state index is 0.935. The molecule has 9 heavy (non-hydrogen) atoms. The van der Waals surface area contributed by atoms with E-state index in [0.717, 1.165) is 23.7 Å². The Morgan fingerprint density at radius 1 is 1.00 bits per heavy atom. The Morgan fingerprint density at radius 3 is 1.67 bits per heavy atom. The van der Waals surface area contributed by atoms with Gasteiger partial charge >= 0.3 is 0 Å². The van der Waals surface area contributed by atoms with Gasteiger partial charge in [-0.2, -0.15) is 0 Å². The van der Waals surface area contributed by atoms with Gasteiger partial charge in [0.2, 0.25) is 0 Å². The fourth-order valence-electron chi connectivity index (χ4n) is 2.32. The van der Waals surface area contributed by atoms with Crippen molar-refractivity contribution in [2.45, 2.75) is 20.3 Å². The lowest BCUT2D eigenvalue weighted by molar-refractivity contribution is 0.364. The van der Waals surface area contributed by atoms with Gasteiger partial charge in [-0.25, -0.2) is 0 Å². The zero-order valence-corrected chi connectivity index (χ0v) is 6.17. The van der Waals surface area contributed by atoms with Crippen LogP contribution in [-0.2, 0) is 0 Å². The second-order valence-corrected chi connectivity index (χ2v) is 3.67. The molecule has 0 aliphatic heterocycles. The fourth-order valence-corrected chi connectivity index (χ4v) is 2.32. The fraction of sp³-hybridized carbons (Fsp3) is 0.778. The summed E-state index contributed by atoms with van der Waals surface area (Å²) in [6, 6.07) is 0. The Bertz CT molecular complexity index is 130. The van der Waals surface area contributed by atoms with E-state index in [-0.39, 0.29) is 0 Å². The number of hydrogen-bond acceptors (Lipinski definition) is 0. The van der Waals surface area contributed by atoms with E-state index in [1.165, 1.54) is 6.42 Å². The molecule has 0 nitrogen and oxygen atoms in total. The average Bonchev–Trinajstić information content (AvgIpc) is 2.37. The first-order valence-corrected chi connectivity index (χ1v) is 3.97. The van der Waals surface area contributed by atoms with E-state index < -0.39 is 0 Å². The lowest BCUT2D eigenvalue weighted by atomic mass is 9.86. The molecule has 4 atom stereocenters. The highest BCUT2D eigenvalue weighted by molar-refractivity contribution is 5.11. The molecule has 0 radical (unpaired) electrons. The van der Waals surface area contributed by atoms with Gasteiger partial charge in [-0.3, -0.25) is 0 Å². The molecule has 0 saturated heterocycles. The van der Waals surface area contributed by atoms with Crippen LogP contribution in [0.5, 0.6) is 0 Å². The molecular weight excluding hydrogens is 108 g/mol. The third-order valence-corrected chi connectivity index (χ3v) is 3.33. The summed E-state index contributed by atoms with van der Waals surface area (Å²) in [5.74, 6) is 3.79. The number of hydrogen-bond donors (Lipinski definition) is 0. The lowest BCUT2D eigenvalue weighted by Gasteiger charge is -2.19. The van der Waals surface area contributed by atoms with Gasteiger partial charge in [0.05, 0.1) is 0 Å². The highest BCUT2D eigenvalue weighted by Gasteiger charge is 2.38. The highest BCUT2D eigenvalue weighted by atomic mass is 14.4. The van der Waals surface area contributed by atoms with Gasteiger partial charge in [-0.05, 0) is 30.1 Å². The summed E-state index contributed by atoms with van der Waals surface area (Å²) in [6.45, 7) is 4.78. The number of allylic oxidation sites excluding steroid dienone is 2. The molecule has 2 bridgehead atoms.